The third kappa shape index (κ3) is 3.72. The van der Waals surface area contributed by atoms with Crippen molar-refractivity contribution in [1.29, 1.82) is 0 Å². The Labute approximate surface area is 204 Å². The molecule has 35 heavy (non-hydrogen) atoms. The van der Waals surface area contributed by atoms with Gasteiger partial charge in [0.1, 0.15) is 11.6 Å². The van der Waals surface area contributed by atoms with Crippen molar-refractivity contribution in [2.45, 2.75) is 32.2 Å². The number of hydrogen-bond acceptors (Lipinski definition) is 4. The number of nitrogens with zero attached hydrogens (tertiary/aromatic N) is 2. The molecule has 4 rings (SSSR count). The van der Waals surface area contributed by atoms with Crippen LogP contribution in [0.25, 0.3) is 5.76 Å². The van der Waals surface area contributed by atoms with Crippen LogP contribution in [0.1, 0.15) is 36.5 Å². The summed E-state index contributed by atoms with van der Waals surface area (Å²) in [6, 6.07) is 11.1. The van der Waals surface area contributed by atoms with E-state index in [1.54, 1.807) is 36.1 Å². The van der Waals surface area contributed by atoms with Gasteiger partial charge in [0.15, 0.2) is 5.54 Å². The number of hydrogen-bond donors (Lipinski definition) is 2. The molecule has 1 spiro atoms. The number of carbonyl (C=O) groups is 3. The average molecular weight is 481 g/mol. The van der Waals surface area contributed by atoms with Gasteiger partial charge in [-0.3, -0.25) is 14.4 Å². The van der Waals surface area contributed by atoms with E-state index in [1.807, 2.05) is 21.0 Å². The fourth-order valence-corrected chi connectivity index (χ4v) is 5.09. The molecule has 0 aromatic heterocycles. The van der Waals surface area contributed by atoms with Crippen molar-refractivity contribution in [2.75, 3.05) is 38.6 Å². The summed E-state index contributed by atoms with van der Waals surface area (Å²) in [6.45, 7) is 4.80. The van der Waals surface area contributed by atoms with Gasteiger partial charge in [-0.05, 0) is 31.0 Å². The summed E-state index contributed by atoms with van der Waals surface area (Å²) in [7, 11) is 3.96. The van der Waals surface area contributed by atoms with Crippen LogP contribution in [0.3, 0.4) is 0 Å². The predicted molar refractivity (Wildman–Crippen MR) is 130 cm³/mol. The maximum absolute atomic E-state index is 14.4. The lowest BCUT2D eigenvalue weighted by molar-refractivity contribution is -0.858. The molecule has 7 nitrogen and oxygen atoms in total. The molecule has 2 aliphatic heterocycles. The van der Waals surface area contributed by atoms with E-state index < -0.39 is 34.7 Å². The number of halogens is 1. The van der Waals surface area contributed by atoms with Crippen LogP contribution in [0, 0.1) is 12.7 Å². The molecule has 0 radical (unpaired) electrons. The number of ketones is 1. The minimum absolute atomic E-state index is 0.0439. The Hall–Kier alpha value is -3.52. The number of aliphatic hydroxyl groups excluding tert-OH is 1. The lowest BCUT2D eigenvalue weighted by atomic mass is 9.81. The molecule has 2 N–H and O–H groups in total. The van der Waals surface area contributed by atoms with Gasteiger partial charge in [0.05, 0.1) is 31.9 Å². The Morgan fingerprint density at radius 2 is 1.80 bits per heavy atom. The zero-order valence-electron chi connectivity index (χ0n) is 20.5. The first-order chi connectivity index (χ1) is 16.7. The van der Waals surface area contributed by atoms with Gasteiger partial charge < -0.3 is 19.8 Å². The second-order valence-electron chi connectivity index (χ2n) is 9.47. The molecular weight excluding hydrogens is 449 g/mol. The molecule has 2 aliphatic rings. The fourth-order valence-electron chi connectivity index (χ4n) is 5.09. The molecule has 1 fully saturated rings. The van der Waals surface area contributed by atoms with Crippen molar-refractivity contribution in [3.05, 3.63) is 70.5 Å². The lowest BCUT2D eigenvalue weighted by Gasteiger charge is -2.34. The van der Waals surface area contributed by atoms with E-state index >= 15 is 0 Å². The highest BCUT2D eigenvalue weighted by Crippen LogP contribution is 2.53. The van der Waals surface area contributed by atoms with Crippen LogP contribution in [0.15, 0.2) is 48.0 Å². The molecule has 184 valence electrons. The number of quaternary nitrogens is 1. The van der Waals surface area contributed by atoms with Crippen molar-refractivity contribution < 1.29 is 28.8 Å². The number of benzene rings is 2. The number of rotatable bonds is 7. The molecule has 0 unspecified atom stereocenters. The van der Waals surface area contributed by atoms with Crippen LogP contribution < -0.4 is 9.80 Å². The molecule has 2 amide bonds. The number of anilines is 1. The number of aryl methyl sites for hydroxylation is 1. The number of amides is 2. The second kappa shape index (κ2) is 9.26. The lowest BCUT2D eigenvalue weighted by Crippen LogP contribution is -3.05. The minimum atomic E-state index is -1.80. The standard InChI is InChI=1S/C27H30FN3O4/c1-5-13-30-21-10-7-6-9-19(21)27(26(30)35)22(23(32)18-12-11-17(2)20(28)16-18)24(33)25(34)31(27)15-8-14-29(3)4/h6-7,9-12,16,32H,5,8,13-15H2,1-4H3/p+1/t27-/m0/s1. The quantitative estimate of drug-likeness (QED) is 0.361. The molecule has 0 aliphatic carbocycles. The Bertz CT molecular complexity index is 1240. The summed E-state index contributed by atoms with van der Waals surface area (Å²) >= 11 is 0. The third-order valence-electron chi connectivity index (χ3n) is 6.76. The monoisotopic (exact) mass is 480 g/mol. The highest BCUT2D eigenvalue weighted by atomic mass is 19.1. The molecule has 8 heteroatoms. The zero-order valence-corrected chi connectivity index (χ0v) is 20.5. The van der Waals surface area contributed by atoms with E-state index in [2.05, 4.69) is 0 Å². The van der Waals surface area contributed by atoms with E-state index in [9.17, 15) is 23.9 Å². The minimum Gasteiger partial charge on any atom is -0.507 e. The Morgan fingerprint density at radius 3 is 2.46 bits per heavy atom. The summed E-state index contributed by atoms with van der Waals surface area (Å²) in [5, 5.41) is 11.4. The van der Waals surface area contributed by atoms with Gasteiger partial charge in [-0.15, -0.1) is 0 Å². The first-order valence-corrected chi connectivity index (χ1v) is 11.9. The summed E-state index contributed by atoms with van der Waals surface area (Å²) in [4.78, 5) is 45.1. The molecule has 2 aromatic carbocycles. The Kier molecular flexibility index (Phi) is 6.51. The second-order valence-corrected chi connectivity index (χ2v) is 9.47. The van der Waals surface area contributed by atoms with E-state index in [0.717, 1.165) is 17.5 Å². The van der Waals surface area contributed by atoms with Crippen LogP contribution in [0.5, 0.6) is 0 Å². The summed E-state index contributed by atoms with van der Waals surface area (Å²) in [5.74, 6) is -3.34. The molecule has 1 atom stereocenters. The van der Waals surface area contributed by atoms with Gasteiger partial charge >= 0.3 is 0 Å². The van der Waals surface area contributed by atoms with E-state index in [4.69, 9.17) is 0 Å². The van der Waals surface area contributed by atoms with Crippen LogP contribution in [-0.4, -0.2) is 61.3 Å². The maximum atomic E-state index is 14.4. The van der Waals surface area contributed by atoms with Crippen LogP contribution in [-0.2, 0) is 19.9 Å². The number of aliphatic hydroxyl groups is 1. The SMILES string of the molecule is CCCN1C(=O)[C@@]2(C(=C(O)c3ccc(C)c(F)c3)C(=O)C(=O)N2CCC[NH+](C)C)c2ccccc21. The van der Waals surface area contributed by atoms with Crippen molar-refractivity contribution >= 4 is 29.0 Å². The van der Waals surface area contributed by atoms with Gasteiger partial charge in [0.2, 0.25) is 0 Å². The topological polar surface area (TPSA) is 82.4 Å². The van der Waals surface area contributed by atoms with Crippen molar-refractivity contribution in [3.8, 4) is 0 Å². The number of carbonyl (C=O) groups excluding carboxylic acids is 3. The predicted octanol–water partition coefficient (Wildman–Crippen LogP) is 2.00. The van der Waals surface area contributed by atoms with Gasteiger partial charge in [0.25, 0.3) is 17.6 Å². The smallest absolute Gasteiger partial charge is 0.296 e. The van der Waals surface area contributed by atoms with Crippen LogP contribution >= 0.6 is 0 Å². The molecule has 0 bridgehead atoms. The Balaban J connectivity index is 2.01. The van der Waals surface area contributed by atoms with Crippen LogP contribution in [0.2, 0.25) is 0 Å². The van der Waals surface area contributed by atoms with Crippen LogP contribution in [0.4, 0.5) is 10.1 Å². The van der Waals surface area contributed by atoms with E-state index in [1.165, 1.54) is 17.0 Å². The molecular formula is C27H31FN3O4+. The number of likely N-dealkylation sites (tertiary alicyclic amines) is 1. The number of para-hydroxylation sites is 1. The molecule has 1 saturated heterocycles. The van der Waals surface area contributed by atoms with E-state index in [0.29, 0.717) is 36.2 Å². The number of Topliss-reactive ketones (excluding diaryl/α,β-unsaturated/α-hetero) is 1. The zero-order chi connectivity index (χ0) is 25.5. The molecule has 0 saturated carbocycles. The van der Waals surface area contributed by atoms with Gasteiger partial charge in [0, 0.05) is 30.6 Å². The largest absolute Gasteiger partial charge is 0.507 e. The first kappa shape index (κ1) is 24.6. The highest BCUT2D eigenvalue weighted by Gasteiger charge is 2.66. The van der Waals surface area contributed by atoms with Crippen molar-refractivity contribution in [3.63, 3.8) is 0 Å². The number of nitrogens with one attached hydrogen (secondary N) is 1. The summed E-state index contributed by atoms with van der Waals surface area (Å²) in [6.07, 6.45) is 1.22. The average Bonchev–Trinajstić information content (AvgIpc) is 3.19. The number of fused-ring (bicyclic) bond motifs is 2. The molecule has 2 heterocycles. The molecule has 2 aromatic rings. The third-order valence-corrected chi connectivity index (χ3v) is 6.76. The maximum Gasteiger partial charge on any atom is 0.296 e. The van der Waals surface area contributed by atoms with E-state index in [-0.39, 0.29) is 17.7 Å². The highest BCUT2D eigenvalue weighted by molar-refractivity contribution is 6.50. The van der Waals surface area contributed by atoms with Gasteiger partial charge in [-0.2, -0.15) is 0 Å². The van der Waals surface area contributed by atoms with Gasteiger partial charge in [-0.1, -0.05) is 37.3 Å². The van der Waals surface area contributed by atoms with Gasteiger partial charge in [-0.25, -0.2) is 4.39 Å². The van der Waals surface area contributed by atoms with Crippen molar-refractivity contribution in [1.82, 2.24) is 4.90 Å². The summed E-state index contributed by atoms with van der Waals surface area (Å²) < 4.78 is 14.4. The normalized spacial score (nSPS) is 21.0. The Morgan fingerprint density at radius 1 is 1.09 bits per heavy atom. The van der Waals surface area contributed by atoms with Crippen molar-refractivity contribution in [2.24, 2.45) is 0 Å². The fraction of sp³-hybridized carbons (Fsp3) is 0.370. The summed E-state index contributed by atoms with van der Waals surface area (Å²) in [5.41, 5.74) is -0.609. The first-order valence-electron chi connectivity index (χ1n) is 11.9.